The van der Waals surface area contributed by atoms with Crippen LogP contribution in [-0.2, 0) is 0 Å². The minimum atomic E-state index is -0.453. The summed E-state index contributed by atoms with van der Waals surface area (Å²) in [5, 5.41) is 10.6. The molecule has 112 valence electrons. The summed E-state index contributed by atoms with van der Waals surface area (Å²) >= 11 is 0. The van der Waals surface area contributed by atoms with E-state index in [2.05, 4.69) is 9.80 Å². The Morgan fingerprint density at radius 1 is 1.14 bits per heavy atom. The lowest BCUT2D eigenvalue weighted by Gasteiger charge is -2.34. The van der Waals surface area contributed by atoms with E-state index in [-0.39, 0.29) is 11.5 Å². The molecule has 1 saturated heterocycles. The smallest absolute Gasteiger partial charge is 0.269 e. The van der Waals surface area contributed by atoms with Gasteiger partial charge in [0.15, 0.2) is 5.78 Å². The molecule has 2 fully saturated rings. The predicted octanol–water partition coefficient (Wildman–Crippen LogP) is 1.56. The molecule has 0 amide bonds. The van der Waals surface area contributed by atoms with Crippen molar-refractivity contribution < 1.29 is 9.72 Å². The molecule has 1 heterocycles. The van der Waals surface area contributed by atoms with Crippen LogP contribution in [0.5, 0.6) is 0 Å². The van der Waals surface area contributed by atoms with Crippen molar-refractivity contribution in [1.82, 2.24) is 9.80 Å². The lowest BCUT2D eigenvalue weighted by Crippen LogP contribution is -2.48. The number of ketones is 1. The van der Waals surface area contributed by atoms with Crippen molar-refractivity contribution in [3.63, 3.8) is 0 Å². The number of rotatable bonds is 5. The van der Waals surface area contributed by atoms with Gasteiger partial charge in [-0.25, -0.2) is 0 Å². The topological polar surface area (TPSA) is 66.7 Å². The highest BCUT2D eigenvalue weighted by atomic mass is 16.6. The van der Waals surface area contributed by atoms with Crippen LogP contribution in [0.1, 0.15) is 23.2 Å². The van der Waals surface area contributed by atoms with E-state index in [1.54, 1.807) is 12.1 Å². The summed E-state index contributed by atoms with van der Waals surface area (Å²) < 4.78 is 0. The molecule has 0 N–H and O–H groups in total. The summed E-state index contributed by atoms with van der Waals surface area (Å²) in [5.74, 6) is 0.0322. The maximum atomic E-state index is 12.2. The number of hydrogen-bond donors (Lipinski definition) is 0. The van der Waals surface area contributed by atoms with Crippen molar-refractivity contribution in [2.24, 2.45) is 0 Å². The summed E-state index contributed by atoms with van der Waals surface area (Å²) in [5.41, 5.74) is 0.565. The van der Waals surface area contributed by atoms with E-state index in [9.17, 15) is 14.9 Å². The molecule has 0 spiro atoms. The van der Waals surface area contributed by atoms with Crippen molar-refractivity contribution in [2.75, 3.05) is 32.7 Å². The molecular weight excluding hydrogens is 270 g/mol. The van der Waals surface area contributed by atoms with E-state index in [4.69, 9.17) is 0 Å². The first kappa shape index (κ1) is 14.2. The van der Waals surface area contributed by atoms with Crippen LogP contribution in [0.25, 0.3) is 0 Å². The van der Waals surface area contributed by atoms with Crippen LogP contribution >= 0.6 is 0 Å². The maximum Gasteiger partial charge on any atom is 0.269 e. The molecular formula is C15H19N3O3. The SMILES string of the molecule is O=C(CN1CCN(C2CC2)CC1)c1ccc([N+](=O)[O-])cc1. The van der Waals surface area contributed by atoms with Crippen molar-refractivity contribution in [2.45, 2.75) is 18.9 Å². The summed E-state index contributed by atoms with van der Waals surface area (Å²) in [4.78, 5) is 27.0. The molecule has 6 heteroatoms. The number of benzene rings is 1. The summed E-state index contributed by atoms with van der Waals surface area (Å²) in [6, 6.07) is 6.65. The van der Waals surface area contributed by atoms with Crippen LogP contribution in [0.2, 0.25) is 0 Å². The Morgan fingerprint density at radius 3 is 2.29 bits per heavy atom. The normalized spacial score (nSPS) is 20.4. The molecule has 21 heavy (non-hydrogen) atoms. The van der Waals surface area contributed by atoms with E-state index in [0.717, 1.165) is 32.2 Å². The van der Waals surface area contributed by atoms with Gasteiger partial charge in [-0.1, -0.05) is 0 Å². The van der Waals surface area contributed by atoms with E-state index in [1.165, 1.54) is 25.0 Å². The van der Waals surface area contributed by atoms with Crippen LogP contribution in [-0.4, -0.2) is 59.3 Å². The Hall–Kier alpha value is -1.79. The molecule has 0 aromatic heterocycles. The van der Waals surface area contributed by atoms with Crippen molar-refractivity contribution in [1.29, 1.82) is 0 Å². The fraction of sp³-hybridized carbons (Fsp3) is 0.533. The second kappa shape index (κ2) is 5.91. The van der Waals surface area contributed by atoms with Crippen molar-refractivity contribution in [3.05, 3.63) is 39.9 Å². The van der Waals surface area contributed by atoms with Crippen molar-refractivity contribution >= 4 is 11.5 Å². The van der Waals surface area contributed by atoms with Gasteiger partial charge in [-0.2, -0.15) is 0 Å². The quantitative estimate of drug-likeness (QED) is 0.467. The number of hydrogen-bond acceptors (Lipinski definition) is 5. The first-order valence-electron chi connectivity index (χ1n) is 7.37. The highest BCUT2D eigenvalue weighted by molar-refractivity contribution is 5.97. The van der Waals surface area contributed by atoms with E-state index in [1.807, 2.05) is 0 Å². The highest BCUT2D eigenvalue weighted by Gasteiger charge is 2.31. The summed E-state index contributed by atoms with van der Waals surface area (Å²) in [6.07, 6.45) is 2.64. The summed E-state index contributed by atoms with van der Waals surface area (Å²) in [7, 11) is 0. The van der Waals surface area contributed by atoms with Crippen LogP contribution in [0.15, 0.2) is 24.3 Å². The van der Waals surface area contributed by atoms with Crippen molar-refractivity contribution in [3.8, 4) is 0 Å². The van der Waals surface area contributed by atoms with E-state index < -0.39 is 4.92 Å². The molecule has 0 bridgehead atoms. The largest absolute Gasteiger partial charge is 0.298 e. The molecule has 0 radical (unpaired) electrons. The lowest BCUT2D eigenvalue weighted by molar-refractivity contribution is -0.384. The third-order valence-electron chi connectivity index (χ3n) is 4.24. The summed E-state index contributed by atoms with van der Waals surface area (Å²) in [6.45, 7) is 4.33. The second-order valence-electron chi connectivity index (χ2n) is 5.77. The van der Waals surface area contributed by atoms with Crippen LogP contribution in [0, 0.1) is 10.1 Å². The number of nitro groups is 1. The number of piperazine rings is 1. The van der Waals surface area contributed by atoms with Gasteiger partial charge < -0.3 is 0 Å². The molecule has 2 aliphatic rings. The molecule has 1 aromatic carbocycles. The molecule has 1 saturated carbocycles. The average molecular weight is 289 g/mol. The Labute approximate surface area is 123 Å². The third kappa shape index (κ3) is 3.46. The van der Waals surface area contributed by atoms with Gasteiger partial charge in [-0.15, -0.1) is 0 Å². The molecule has 1 aliphatic carbocycles. The van der Waals surface area contributed by atoms with Gasteiger partial charge in [-0.05, 0) is 25.0 Å². The fourth-order valence-electron chi connectivity index (χ4n) is 2.79. The van der Waals surface area contributed by atoms with Gasteiger partial charge >= 0.3 is 0 Å². The molecule has 6 nitrogen and oxygen atoms in total. The lowest BCUT2D eigenvalue weighted by atomic mass is 10.1. The Morgan fingerprint density at radius 2 is 1.76 bits per heavy atom. The Balaban J connectivity index is 1.52. The first-order chi connectivity index (χ1) is 10.1. The standard InChI is InChI=1S/C15H19N3O3/c19-15(12-1-3-14(4-2-12)18(20)21)11-16-7-9-17(10-8-16)13-5-6-13/h1-4,13H,5-11H2. The molecule has 1 aliphatic heterocycles. The number of nitro benzene ring substituents is 1. The second-order valence-corrected chi connectivity index (χ2v) is 5.77. The maximum absolute atomic E-state index is 12.2. The molecule has 3 rings (SSSR count). The van der Waals surface area contributed by atoms with Crippen LogP contribution in [0.3, 0.4) is 0 Å². The number of carbonyl (C=O) groups is 1. The molecule has 1 aromatic rings. The zero-order chi connectivity index (χ0) is 14.8. The molecule has 0 atom stereocenters. The van der Waals surface area contributed by atoms with Gasteiger partial charge in [0.05, 0.1) is 11.5 Å². The predicted molar refractivity (Wildman–Crippen MR) is 78.5 cm³/mol. The minimum absolute atomic E-state index is 0.0181. The zero-order valence-electron chi connectivity index (χ0n) is 11.9. The fourth-order valence-corrected chi connectivity index (χ4v) is 2.79. The first-order valence-corrected chi connectivity index (χ1v) is 7.37. The molecule has 0 unspecified atom stereocenters. The number of Topliss-reactive ketones (excluding diaryl/α,β-unsaturated/α-hetero) is 1. The zero-order valence-corrected chi connectivity index (χ0v) is 11.9. The average Bonchev–Trinajstić information content (AvgIpc) is 3.33. The van der Waals surface area contributed by atoms with Crippen LogP contribution in [0.4, 0.5) is 5.69 Å². The number of nitrogens with zero attached hydrogens (tertiary/aromatic N) is 3. The van der Waals surface area contributed by atoms with Crippen LogP contribution < -0.4 is 0 Å². The van der Waals surface area contributed by atoms with Gasteiger partial charge in [0, 0.05) is 49.9 Å². The Bertz CT molecular complexity index is 532. The monoisotopic (exact) mass is 289 g/mol. The van der Waals surface area contributed by atoms with E-state index in [0.29, 0.717) is 12.1 Å². The van der Waals surface area contributed by atoms with Gasteiger partial charge in [0.1, 0.15) is 0 Å². The Kier molecular flexibility index (Phi) is 3.98. The van der Waals surface area contributed by atoms with Gasteiger partial charge in [-0.3, -0.25) is 24.7 Å². The van der Waals surface area contributed by atoms with Gasteiger partial charge in [0.2, 0.25) is 0 Å². The third-order valence-corrected chi connectivity index (χ3v) is 4.24. The highest BCUT2D eigenvalue weighted by Crippen LogP contribution is 2.27. The minimum Gasteiger partial charge on any atom is -0.298 e. The number of non-ortho nitro benzene ring substituents is 1. The van der Waals surface area contributed by atoms with E-state index >= 15 is 0 Å². The number of carbonyl (C=O) groups excluding carboxylic acids is 1. The van der Waals surface area contributed by atoms with Gasteiger partial charge in [0.25, 0.3) is 5.69 Å².